The van der Waals surface area contributed by atoms with E-state index in [1.807, 2.05) is 12.1 Å². The number of nitrogens with one attached hydrogen (secondary N) is 1. The molecule has 240 valence electrons. The molecule has 0 radical (unpaired) electrons. The largest absolute Gasteiger partial charge is 0.508 e. The van der Waals surface area contributed by atoms with Crippen molar-refractivity contribution >= 4 is 27.5 Å². The summed E-state index contributed by atoms with van der Waals surface area (Å²) >= 11 is 0. The second-order valence-electron chi connectivity index (χ2n) is 14.9. The average Bonchev–Trinajstić information content (AvgIpc) is 3.62. The fraction of sp³-hybridized carbons (Fsp3) is 0.541. The van der Waals surface area contributed by atoms with Crippen molar-refractivity contribution in [3.63, 3.8) is 0 Å². The van der Waals surface area contributed by atoms with Crippen LogP contribution in [0, 0.1) is 23.1 Å². The monoisotopic (exact) mass is 622 g/mol. The maximum Gasteiger partial charge on any atom is 0.319 e. The van der Waals surface area contributed by atoms with E-state index in [9.17, 15) is 5.11 Å². The van der Waals surface area contributed by atoms with Crippen molar-refractivity contribution < 1.29 is 14.2 Å². The summed E-state index contributed by atoms with van der Waals surface area (Å²) < 4.78 is 23.4. The van der Waals surface area contributed by atoms with Crippen molar-refractivity contribution in [1.82, 2.24) is 25.2 Å². The molecule has 4 aromatic rings. The molecule has 5 aliphatic rings. The number of phenols is 1. The number of piperidine rings is 1. The number of pyridine rings is 1. The molecule has 2 aliphatic carbocycles. The minimum Gasteiger partial charge on any atom is -0.508 e. The molecule has 2 unspecified atom stereocenters. The standard InChI is InChI=1S/C37H43FN6O2/c1-2-24-4-3-5-25-13-28(45)14-29(31(24)25)33-32(38)34-30(15-39-33)35(44-18-26-8-9-27(19-44)40-26)42-36(41-34)46-21-37(10-11-37)20-43-16-22-6-7-23(12-22)17-43/h3-5,13-15,22-23,26-27,40,45H,2,6-12,16-21H2,1H3/t22?,23?,26-,27+. The molecular formula is C37H43FN6O2. The van der Waals surface area contributed by atoms with Gasteiger partial charge in [-0.2, -0.15) is 9.97 Å². The zero-order valence-corrected chi connectivity index (χ0v) is 26.6. The Bertz CT molecular complexity index is 1800. The number of benzene rings is 2. The lowest BCUT2D eigenvalue weighted by Crippen LogP contribution is -2.51. The number of ether oxygens (including phenoxy) is 1. The number of piperazine rings is 1. The Morgan fingerprint density at radius 3 is 2.54 bits per heavy atom. The van der Waals surface area contributed by atoms with Crippen LogP contribution >= 0.6 is 0 Å². The third kappa shape index (κ3) is 5.07. The van der Waals surface area contributed by atoms with Gasteiger partial charge in [-0.05, 0) is 91.7 Å². The molecule has 5 fully saturated rings. The summed E-state index contributed by atoms with van der Waals surface area (Å²) in [5.41, 5.74) is 2.18. The van der Waals surface area contributed by atoms with Crippen molar-refractivity contribution in [2.24, 2.45) is 17.3 Å². The first kappa shape index (κ1) is 28.6. The van der Waals surface area contributed by atoms with Crippen molar-refractivity contribution in [1.29, 1.82) is 0 Å². The number of hydrogen-bond acceptors (Lipinski definition) is 8. The van der Waals surface area contributed by atoms with E-state index in [4.69, 9.17) is 19.7 Å². The van der Waals surface area contributed by atoms with Gasteiger partial charge in [-0.25, -0.2) is 4.39 Å². The summed E-state index contributed by atoms with van der Waals surface area (Å²) in [5.74, 6) is 1.99. The number of anilines is 1. The third-order valence-corrected chi connectivity index (χ3v) is 11.5. The molecule has 9 heteroatoms. The van der Waals surface area contributed by atoms with Crippen LogP contribution in [0.15, 0.2) is 36.5 Å². The highest BCUT2D eigenvalue weighted by Crippen LogP contribution is 2.48. The number of halogens is 1. The minimum absolute atomic E-state index is 0.0807. The minimum atomic E-state index is -0.508. The Labute approximate surface area is 269 Å². The van der Waals surface area contributed by atoms with Gasteiger partial charge in [0.25, 0.3) is 0 Å². The van der Waals surface area contributed by atoms with E-state index < -0.39 is 5.82 Å². The van der Waals surface area contributed by atoms with Gasteiger partial charge < -0.3 is 25.0 Å². The van der Waals surface area contributed by atoms with E-state index in [0.717, 1.165) is 79.9 Å². The molecule has 46 heavy (non-hydrogen) atoms. The SMILES string of the molecule is CCc1cccc2cc(O)cc(-c3ncc4c(N5C[C@H]6CC[C@@H](C5)N6)nc(OCC5(CN6CC7CCC(C7)C6)CC5)nc4c3F)c12. The number of likely N-dealkylation sites (tertiary alicyclic amines) is 1. The Hall–Kier alpha value is -3.56. The van der Waals surface area contributed by atoms with Crippen molar-refractivity contribution in [2.75, 3.05) is 44.2 Å². The number of hydrogen-bond donors (Lipinski definition) is 2. The first-order chi connectivity index (χ1) is 22.4. The maximum atomic E-state index is 16.9. The lowest BCUT2D eigenvalue weighted by Gasteiger charge is -2.35. The molecule has 2 saturated carbocycles. The highest BCUT2D eigenvalue weighted by atomic mass is 19.1. The van der Waals surface area contributed by atoms with Gasteiger partial charge in [0.1, 0.15) is 22.8 Å². The van der Waals surface area contributed by atoms with Crippen LogP contribution < -0.4 is 15.0 Å². The van der Waals surface area contributed by atoms with E-state index in [1.54, 1.807) is 18.3 Å². The van der Waals surface area contributed by atoms with Crippen LogP contribution in [-0.4, -0.2) is 76.4 Å². The molecule has 4 bridgehead atoms. The summed E-state index contributed by atoms with van der Waals surface area (Å²) in [5, 5.41) is 16.7. The number of rotatable bonds is 8. The van der Waals surface area contributed by atoms with Gasteiger partial charge in [-0.1, -0.05) is 25.1 Å². The summed E-state index contributed by atoms with van der Waals surface area (Å²) in [7, 11) is 0. The Balaban J connectivity index is 1.10. The maximum absolute atomic E-state index is 16.9. The summed E-state index contributed by atoms with van der Waals surface area (Å²) in [6, 6.07) is 10.3. The highest BCUT2D eigenvalue weighted by molar-refractivity contribution is 6.01. The number of phenolic OH excluding ortho intramolecular Hbond substituents is 1. The van der Waals surface area contributed by atoms with Gasteiger partial charge in [-0.3, -0.25) is 4.98 Å². The van der Waals surface area contributed by atoms with Gasteiger partial charge in [-0.15, -0.1) is 0 Å². The zero-order chi connectivity index (χ0) is 31.0. The van der Waals surface area contributed by atoms with E-state index in [-0.39, 0.29) is 28.4 Å². The highest BCUT2D eigenvalue weighted by Gasteiger charge is 2.47. The number of aromatic nitrogens is 3. The summed E-state index contributed by atoms with van der Waals surface area (Å²) in [4.78, 5) is 19.4. The van der Waals surface area contributed by atoms with Gasteiger partial charge in [0, 0.05) is 62.0 Å². The van der Waals surface area contributed by atoms with Crippen LogP contribution in [0.2, 0.25) is 0 Å². The third-order valence-electron chi connectivity index (χ3n) is 11.5. The lowest BCUT2D eigenvalue weighted by molar-refractivity contribution is 0.110. The molecular weight excluding hydrogens is 579 g/mol. The van der Waals surface area contributed by atoms with Gasteiger partial charge in [0.2, 0.25) is 0 Å². The summed E-state index contributed by atoms with van der Waals surface area (Å²) in [6.07, 6.45) is 11.2. The van der Waals surface area contributed by atoms with Crippen LogP contribution in [0.3, 0.4) is 0 Å². The Morgan fingerprint density at radius 2 is 1.80 bits per heavy atom. The molecule has 3 aliphatic heterocycles. The fourth-order valence-corrected chi connectivity index (χ4v) is 9.12. The quantitative estimate of drug-likeness (QED) is 0.245. The molecule has 0 spiro atoms. The predicted octanol–water partition coefficient (Wildman–Crippen LogP) is 6.08. The number of nitrogens with zero attached hydrogens (tertiary/aromatic N) is 5. The molecule has 8 nitrogen and oxygen atoms in total. The summed E-state index contributed by atoms with van der Waals surface area (Å²) in [6.45, 7) is 7.74. The van der Waals surface area contributed by atoms with Gasteiger partial charge in [0.05, 0.1) is 12.0 Å². The normalized spacial score (nSPS) is 26.7. The van der Waals surface area contributed by atoms with Crippen molar-refractivity contribution in [2.45, 2.75) is 70.4 Å². The Kier molecular flexibility index (Phi) is 6.86. The van der Waals surface area contributed by atoms with E-state index in [1.165, 1.54) is 32.4 Å². The van der Waals surface area contributed by atoms with Crippen LogP contribution in [0.5, 0.6) is 11.8 Å². The topological polar surface area (TPSA) is 86.6 Å². The average molecular weight is 623 g/mol. The fourth-order valence-electron chi connectivity index (χ4n) is 9.12. The van der Waals surface area contributed by atoms with Gasteiger partial charge in [0.15, 0.2) is 5.82 Å². The van der Waals surface area contributed by atoms with Crippen molar-refractivity contribution in [3.8, 4) is 23.0 Å². The first-order valence-electron chi connectivity index (χ1n) is 17.4. The second-order valence-corrected chi connectivity index (χ2v) is 14.9. The van der Waals surface area contributed by atoms with E-state index in [0.29, 0.717) is 35.5 Å². The number of fused-ring (bicyclic) bond motifs is 6. The van der Waals surface area contributed by atoms with Crippen LogP contribution in [0.4, 0.5) is 10.2 Å². The van der Waals surface area contributed by atoms with Crippen LogP contribution in [0.25, 0.3) is 32.9 Å². The van der Waals surface area contributed by atoms with Crippen LogP contribution in [-0.2, 0) is 6.42 Å². The lowest BCUT2D eigenvalue weighted by atomic mass is 9.95. The molecule has 2 aromatic carbocycles. The van der Waals surface area contributed by atoms with Gasteiger partial charge >= 0.3 is 6.01 Å². The predicted molar refractivity (Wildman–Crippen MR) is 178 cm³/mol. The number of aromatic hydroxyl groups is 1. The molecule has 4 atom stereocenters. The molecule has 9 rings (SSSR count). The Morgan fingerprint density at radius 1 is 1.02 bits per heavy atom. The van der Waals surface area contributed by atoms with Crippen molar-refractivity contribution in [3.05, 3.63) is 47.9 Å². The number of aryl methyl sites for hydroxylation is 1. The molecule has 3 saturated heterocycles. The van der Waals surface area contributed by atoms with E-state index >= 15 is 4.39 Å². The smallest absolute Gasteiger partial charge is 0.319 e. The van der Waals surface area contributed by atoms with E-state index in [2.05, 4.69) is 28.1 Å². The second kappa shape index (κ2) is 11.0. The molecule has 2 N–H and O–H groups in total. The zero-order valence-electron chi connectivity index (χ0n) is 26.6. The molecule has 5 heterocycles. The first-order valence-corrected chi connectivity index (χ1v) is 17.4. The molecule has 2 aromatic heterocycles. The molecule has 0 amide bonds. The van der Waals surface area contributed by atoms with Crippen LogP contribution in [0.1, 0.15) is 57.4 Å².